The molecule has 7 heteroatoms. The van der Waals surface area contributed by atoms with Crippen molar-refractivity contribution in [1.82, 2.24) is 10.2 Å². The molecule has 2 atom stereocenters. The molecular formula is C23H33N3O4. The van der Waals surface area contributed by atoms with E-state index in [9.17, 15) is 9.59 Å². The van der Waals surface area contributed by atoms with E-state index < -0.39 is 12.3 Å². The zero-order valence-electron chi connectivity index (χ0n) is 18.2. The molecular weight excluding hydrogens is 382 g/mol. The average molecular weight is 416 g/mol. The van der Waals surface area contributed by atoms with Gasteiger partial charge in [0.05, 0.1) is 12.7 Å². The number of likely N-dealkylation sites (tertiary alicyclic amines) is 1. The third-order valence-electron chi connectivity index (χ3n) is 5.71. The number of benzene rings is 1. The van der Waals surface area contributed by atoms with Crippen LogP contribution in [0.2, 0.25) is 0 Å². The second-order valence-electron chi connectivity index (χ2n) is 7.83. The summed E-state index contributed by atoms with van der Waals surface area (Å²) in [6, 6.07) is 5.62. The van der Waals surface area contributed by atoms with Gasteiger partial charge in [0.25, 0.3) is 5.91 Å². The van der Waals surface area contributed by atoms with Crippen molar-refractivity contribution in [2.24, 2.45) is 0 Å². The van der Waals surface area contributed by atoms with Crippen LogP contribution in [-0.4, -0.2) is 62.2 Å². The van der Waals surface area contributed by atoms with Crippen molar-refractivity contribution >= 4 is 23.5 Å². The van der Waals surface area contributed by atoms with Crippen LogP contribution < -0.4 is 15.4 Å². The molecule has 1 fully saturated rings. The summed E-state index contributed by atoms with van der Waals surface area (Å²) in [5.74, 6) is 0.528. The number of amides is 1. The van der Waals surface area contributed by atoms with Gasteiger partial charge in [-0.3, -0.25) is 9.59 Å². The normalized spacial score (nSPS) is 19.8. The molecule has 0 radical (unpaired) electrons. The van der Waals surface area contributed by atoms with E-state index in [-0.39, 0.29) is 11.7 Å². The van der Waals surface area contributed by atoms with Gasteiger partial charge >= 0.3 is 0 Å². The number of hydrogen-bond donors (Lipinski definition) is 2. The van der Waals surface area contributed by atoms with E-state index in [1.54, 1.807) is 21.0 Å². The van der Waals surface area contributed by atoms with Crippen LogP contribution in [0.4, 0.5) is 5.69 Å². The summed E-state index contributed by atoms with van der Waals surface area (Å²) >= 11 is 0. The van der Waals surface area contributed by atoms with Crippen molar-refractivity contribution in [3.63, 3.8) is 0 Å². The maximum atomic E-state index is 13.0. The summed E-state index contributed by atoms with van der Waals surface area (Å²) in [5, 5.41) is 6.28. The number of anilines is 1. The molecule has 3 rings (SSSR count). The van der Waals surface area contributed by atoms with Crippen LogP contribution in [0.15, 0.2) is 23.8 Å². The first-order valence-corrected chi connectivity index (χ1v) is 10.9. The number of Topliss-reactive ketones (excluding diaryl/α,β-unsaturated/α-hetero) is 1. The maximum Gasteiger partial charge on any atom is 0.251 e. The molecule has 0 bridgehead atoms. The minimum atomic E-state index is -0.704. The Balaban J connectivity index is 1.72. The number of ether oxygens (including phenoxy) is 2. The molecule has 0 saturated carbocycles. The predicted molar refractivity (Wildman–Crippen MR) is 118 cm³/mol. The number of rotatable bonds is 9. The Morgan fingerprint density at radius 2 is 2.03 bits per heavy atom. The van der Waals surface area contributed by atoms with E-state index in [2.05, 4.69) is 15.5 Å². The van der Waals surface area contributed by atoms with Gasteiger partial charge in [-0.25, -0.2) is 0 Å². The van der Waals surface area contributed by atoms with Crippen LogP contribution in [0.3, 0.4) is 0 Å². The van der Waals surface area contributed by atoms with Crippen molar-refractivity contribution < 1.29 is 19.1 Å². The first kappa shape index (κ1) is 22.3. The Hall–Kier alpha value is -2.38. The Morgan fingerprint density at radius 1 is 1.27 bits per heavy atom. The molecule has 1 aromatic rings. The van der Waals surface area contributed by atoms with Crippen molar-refractivity contribution in [3.8, 4) is 5.75 Å². The van der Waals surface area contributed by atoms with E-state index in [4.69, 9.17) is 9.47 Å². The quantitative estimate of drug-likeness (QED) is 0.646. The molecule has 1 aromatic carbocycles. The highest BCUT2D eigenvalue weighted by Crippen LogP contribution is 2.31. The van der Waals surface area contributed by atoms with E-state index in [0.717, 1.165) is 30.9 Å². The molecule has 0 spiro atoms. The SMILES string of the molecule is CCC(=O)C(C)OC1Nc2cc(OC)ccc2C=C1C(=O)NCCN1CCCCC1. The standard InChI is InChI=1S/C23H33N3O4/c1-4-21(27)16(2)30-23-19(14-17-8-9-18(29-3)15-20(17)25-23)22(28)24-10-13-26-11-6-5-7-12-26/h8-9,14-16,23,25H,4-7,10-13H2,1-3H3,(H,24,28). The number of carbonyl (C=O) groups excluding carboxylic acids is 2. The number of ketones is 1. The average Bonchev–Trinajstić information content (AvgIpc) is 2.78. The molecule has 1 saturated heterocycles. The van der Waals surface area contributed by atoms with E-state index >= 15 is 0 Å². The van der Waals surface area contributed by atoms with Crippen molar-refractivity contribution in [2.45, 2.75) is 51.9 Å². The smallest absolute Gasteiger partial charge is 0.251 e. The van der Waals surface area contributed by atoms with Crippen LogP contribution in [0.25, 0.3) is 6.08 Å². The molecule has 2 N–H and O–H groups in total. The third kappa shape index (κ3) is 5.61. The second kappa shape index (κ2) is 10.6. The lowest BCUT2D eigenvalue weighted by molar-refractivity contribution is -0.132. The van der Waals surface area contributed by atoms with Gasteiger partial charge in [-0.15, -0.1) is 0 Å². The molecule has 1 amide bonds. The van der Waals surface area contributed by atoms with Gasteiger partial charge in [-0.2, -0.15) is 0 Å². The molecule has 2 heterocycles. The van der Waals surface area contributed by atoms with Crippen molar-refractivity contribution in [3.05, 3.63) is 29.3 Å². The van der Waals surface area contributed by atoms with Crippen LogP contribution in [-0.2, 0) is 14.3 Å². The molecule has 2 aliphatic rings. The first-order valence-electron chi connectivity index (χ1n) is 10.9. The topological polar surface area (TPSA) is 79.9 Å². The van der Waals surface area contributed by atoms with Crippen molar-refractivity contribution in [1.29, 1.82) is 0 Å². The zero-order valence-corrected chi connectivity index (χ0v) is 18.2. The molecule has 7 nitrogen and oxygen atoms in total. The van der Waals surface area contributed by atoms with Gasteiger partial charge in [0.15, 0.2) is 12.0 Å². The van der Waals surface area contributed by atoms with E-state index in [1.165, 1.54) is 19.3 Å². The minimum absolute atomic E-state index is 0.00176. The number of methoxy groups -OCH3 is 1. The summed E-state index contributed by atoms with van der Waals surface area (Å²) in [6.45, 7) is 7.15. The van der Waals surface area contributed by atoms with E-state index in [0.29, 0.717) is 24.3 Å². The zero-order chi connectivity index (χ0) is 21.5. The lowest BCUT2D eigenvalue weighted by atomic mass is 10.0. The fourth-order valence-electron chi connectivity index (χ4n) is 3.85. The monoisotopic (exact) mass is 415 g/mol. The van der Waals surface area contributed by atoms with Gasteiger partial charge in [0.1, 0.15) is 11.9 Å². The number of nitrogens with zero attached hydrogens (tertiary/aromatic N) is 1. The highest BCUT2D eigenvalue weighted by molar-refractivity contribution is 6.01. The summed E-state index contributed by atoms with van der Waals surface area (Å²) in [4.78, 5) is 27.4. The summed E-state index contributed by atoms with van der Waals surface area (Å²) in [7, 11) is 1.61. The Labute approximate surface area is 178 Å². The molecule has 0 aliphatic carbocycles. The second-order valence-corrected chi connectivity index (χ2v) is 7.83. The number of fused-ring (bicyclic) bond motifs is 1. The van der Waals surface area contributed by atoms with Gasteiger partial charge in [0, 0.05) is 31.3 Å². The van der Waals surface area contributed by atoms with Crippen LogP contribution in [0.1, 0.15) is 45.1 Å². The van der Waals surface area contributed by atoms with Crippen LogP contribution in [0, 0.1) is 0 Å². The van der Waals surface area contributed by atoms with E-state index in [1.807, 2.05) is 24.3 Å². The minimum Gasteiger partial charge on any atom is -0.497 e. The van der Waals surface area contributed by atoms with Gasteiger partial charge in [0.2, 0.25) is 0 Å². The van der Waals surface area contributed by atoms with Crippen molar-refractivity contribution in [2.75, 3.05) is 38.6 Å². The highest BCUT2D eigenvalue weighted by atomic mass is 16.5. The molecule has 2 unspecified atom stereocenters. The fourth-order valence-corrected chi connectivity index (χ4v) is 3.85. The lowest BCUT2D eigenvalue weighted by Gasteiger charge is -2.30. The number of carbonyl (C=O) groups is 2. The Bertz CT molecular complexity index is 787. The number of piperidine rings is 1. The van der Waals surface area contributed by atoms with Crippen LogP contribution >= 0.6 is 0 Å². The first-order chi connectivity index (χ1) is 14.5. The molecule has 2 aliphatic heterocycles. The van der Waals surface area contributed by atoms with Crippen LogP contribution in [0.5, 0.6) is 5.75 Å². The largest absolute Gasteiger partial charge is 0.497 e. The fraction of sp³-hybridized carbons (Fsp3) is 0.565. The summed E-state index contributed by atoms with van der Waals surface area (Å²) in [6.07, 6.45) is 4.65. The summed E-state index contributed by atoms with van der Waals surface area (Å²) < 4.78 is 11.3. The van der Waals surface area contributed by atoms with Gasteiger partial charge in [-0.05, 0) is 56.6 Å². The molecule has 164 valence electrons. The Morgan fingerprint density at radius 3 is 2.73 bits per heavy atom. The highest BCUT2D eigenvalue weighted by Gasteiger charge is 2.29. The number of hydrogen-bond acceptors (Lipinski definition) is 6. The van der Waals surface area contributed by atoms with Gasteiger partial charge < -0.3 is 25.0 Å². The predicted octanol–water partition coefficient (Wildman–Crippen LogP) is 2.82. The summed E-state index contributed by atoms with van der Waals surface area (Å²) in [5.41, 5.74) is 2.16. The lowest BCUT2D eigenvalue weighted by Crippen LogP contribution is -2.43. The molecule has 0 aromatic heterocycles. The molecule has 30 heavy (non-hydrogen) atoms. The maximum absolute atomic E-state index is 13.0. The Kier molecular flexibility index (Phi) is 7.87. The number of nitrogens with one attached hydrogen (secondary N) is 2. The third-order valence-corrected chi connectivity index (χ3v) is 5.71. The van der Waals surface area contributed by atoms with Gasteiger partial charge in [-0.1, -0.05) is 13.3 Å².